The Morgan fingerprint density at radius 1 is 1.15 bits per heavy atom. The van der Waals surface area contributed by atoms with Crippen LogP contribution in [-0.4, -0.2) is 29.1 Å². The first-order valence-electron chi connectivity index (χ1n) is 7.48. The maximum Gasteiger partial charge on any atom is 0.218 e. The van der Waals surface area contributed by atoms with Crippen LogP contribution in [-0.2, 0) is 6.54 Å². The highest BCUT2D eigenvalue weighted by atomic mass is 16.5. The van der Waals surface area contributed by atoms with Crippen LogP contribution in [0.5, 0.6) is 5.88 Å². The van der Waals surface area contributed by atoms with Crippen LogP contribution in [0.4, 0.5) is 0 Å². The highest BCUT2D eigenvalue weighted by Crippen LogP contribution is 2.33. The number of hydrogen-bond donors (Lipinski definition) is 0. The maximum atomic E-state index is 5.88. The summed E-state index contributed by atoms with van der Waals surface area (Å²) < 4.78 is 5.88. The smallest absolute Gasteiger partial charge is 0.218 e. The minimum Gasteiger partial charge on any atom is -0.476 e. The molecule has 0 amide bonds. The molecule has 2 heterocycles. The van der Waals surface area contributed by atoms with Gasteiger partial charge in [-0.2, -0.15) is 0 Å². The van der Waals surface area contributed by atoms with E-state index in [2.05, 4.69) is 36.9 Å². The van der Waals surface area contributed by atoms with Crippen molar-refractivity contribution < 1.29 is 4.74 Å². The van der Waals surface area contributed by atoms with Gasteiger partial charge in [0.05, 0.1) is 5.52 Å². The highest BCUT2D eigenvalue weighted by molar-refractivity contribution is 5.82. The molecule has 0 N–H and O–H groups in total. The lowest BCUT2D eigenvalue weighted by molar-refractivity contribution is 0.216. The highest BCUT2D eigenvalue weighted by Gasteiger charge is 2.31. The Kier molecular flexibility index (Phi) is 2.71. The van der Waals surface area contributed by atoms with Gasteiger partial charge in [0, 0.05) is 30.1 Å². The monoisotopic (exact) mass is 268 g/mol. The van der Waals surface area contributed by atoms with Crippen molar-refractivity contribution in [2.45, 2.75) is 39.3 Å². The molecule has 2 aliphatic rings. The molecule has 1 aliphatic carbocycles. The summed E-state index contributed by atoms with van der Waals surface area (Å²) in [5.74, 6) is 0.837. The fourth-order valence-electron chi connectivity index (χ4n) is 3.01. The van der Waals surface area contributed by atoms with Crippen LogP contribution in [0.25, 0.3) is 10.9 Å². The molecule has 0 bridgehead atoms. The van der Waals surface area contributed by atoms with E-state index in [1.807, 2.05) is 0 Å². The third-order valence-electron chi connectivity index (χ3n) is 4.52. The van der Waals surface area contributed by atoms with Gasteiger partial charge in [-0.05, 0) is 56.0 Å². The normalized spacial score (nSPS) is 19.5. The van der Waals surface area contributed by atoms with Gasteiger partial charge in [0.25, 0.3) is 0 Å². The molecule has 1 fully saturated rings. The zero-order chi connectivity index (χ0) is 13.7. The van der Waals surface area contributed by atoms with Crippen molar-refractivity contribution in [2.75, 3.05) is 13.2 Å². The van der Waals surface area contributed by atoms with Crippen molar-refractivity contribution in [1.29, 1.82) is 0 Å². The predicted molar refractivity (Wildman–Crippen MR) is 80.1 cm³/mol. The Morgan fingerprint density at radius 2 is 1.95 bits per heavy atom. The van der Waals surface area contributed by atoms with Crippen LogP contribution >= 0.6 is 0 Å². The largest absolute Gasteiger partial charge is 0.476 e. The Hall–Kier alpha value is -1.61. The lowest BCUT2D eigenvalue weighted by Gasteiger charge is -2.18. The molecule has 1 aromatic carbocycles. The zero-order valence-electron chi connectivity index (χ0n) is 12.1. The van der Waals surface area contributed by atoms with Crippen molar-refractivity contribution in [3.05, 3.63) is 34.9 Å². The van der Waals surface area contributed by atoms with Gasteiger partial charge in [-0.1, -0.05) is 0 Å². The summed E-state index contributed by atoms with van der Waals surface area (Å²) in [6, 6.07) is 7.45. The first kappa shape index (κ1) is 12.2. The van der Waals surface area contributed by atoms with E-state index in [9.17, 15) is 0 Å². The molecule has 0 atom stereocenters. The number of pyridine rings is 1. The van der Waals surface area contributed by atoms with Crippen molar-refractivity contribution in [1.82, 2.24) is 9.88 Å². The minimum atomic E-state index is 0.757. The minimum absolute atomic E-state index is 0.757. The number of hydrogen-bond acceptors (Lipinski definition) is 3. The Labute approximate surface area is 119 Å². The predicted octanol–water partition coefficient (Wildman–Crippen LogP) is 3.21. The van der Waals surface area contributed by atoms with Gasteiger partial charge in [0.1, 0.15) is 6.61 Å². The van der Waals surface area contributed by atoms with Gasteiger partial charge in [-0.3, -0.25) is 4.90 Å². The number of ether oxygens (including phenoxy) is 1. The van der Waals surface area contributed by atoms with Crippen LogP contribution in [0.15, 0.2) is 18.2 Å². The second-order valence-corrected chi connectivity index (χ2v) is 6.13. The van der Waals surface area contributed by atoms with Crippen molar-refractivity contribution in [2.24, 2.45) is 0 Å². The van der Waals surface area contributed by atoms with Crippen LogP contribution in [0.2, 0.25) is 0 Å². The SMILES string of the molecule is Cc1cc2cc3c(nc2cc1C)OCCN(C1CC1)C3. The summed E-state index contributed by atoms with van der Waals surface area (Å²) >= 11 is 0. The van der Waals surface area contributed by atoms with Crippen LogP contribution in [0, 0.1) is 13.8 Å². The van der Waals surface area contributed by atoms with Crippen molar-refractivity contribution >= 4 is 10.9 Å². The van der Waals surface area contributed by atoms with Gasteiger partial charge >= 0.3 is 0 Å². The molecule has 0 saturated heterocycles. The van der Waals surface area contributed by atoms with E-state index in [4.69, 9.17) is 9.72 Å². The van der Waals surface area contributed by atoms with Crippen LogP contribution in [0.3, 0.4) is 0 Å². The number of nitrogens with zero attached hydrogens (tertiary/aromatic N) is 2. The van der Waals surface area contributed by atoms with E-state index in [1.165, 1.54) is 34.9 Å². The number of benzene rings is 1. The van der Waals surface area contributed by atoms with Crippen LogP contribution in [0.1, 0.15) is 29.5 Å². The third kappa shape index (κ3) is 2.06. The summed E-state index contributed by atoms with van der Waals surface area (Å²) in [7, 11) is 0. The molecule has 2 aromatic rings. The Bertz CT molecular complexity index is 676. The second kappa shape index (κ2) is 4.45. The van der Waals surface area contributed by atoms with Gasteiger partial charge < -0.3 is 4.74 Å². The maximum absolute atomic E-state index is 5.88. The second-order valence-electron chi connectivity index (χ2n) is 6.13. The topological polar surface area (TPSA) is 25.4 Å². The first-order chi connectivity index (χ1) is 9.70. The van der Waals surface area contributed by atoms with E-state index < -0.39 is 0 Å². The van der Waals surface area contributed by atoms with Crippen molar-refractivity contribution in [3.8, 4) is 5.88 Å². The zero-order valence-corrected chi connectivity index (χ0v) is 12.1. The molecule has 4 rings (SSSR count). The molecular weight excluding hydrogens is 248 g/mol. The van der Waals surface area contributed by atoms with Crippen molar-refractivity contribution in [3.63, 3.8) is 0 Å². The molecule has 3 heteroatoms. The Morgan fingerprint density at radius 3 is 2.75 bits per heavy atom. The fourth-order valence-corrected chi connectivity index (χ4v) is 3.01. The summed E-state index contributed by atoms with van der Waals surface area (Å²) in [6.45, 7) is 7.06. The van der Waals surface area contributed by atoms with Gasteiger partial charge in [-0.15, -0.1) is 0 Å². The summed E-state index contributed by atoms with van der Waals surface area (Å²) in [5, 5.41) is 1.23. The van der Waals surface area contributed by atoms with E-state index in [0.29, 0.717) is 0 Å². The lowest BCUT2D eigenvalue weighted by Crippen LogP contribution is -2.27. The summed E-state index contributed by atoms with van der Waals surface area (Å²) in [4.78, 5) is 7.29. The average molecular weight is 268 g/mol. The summed E-state index contributed by atoms with van der Waals surface area (Å²) in [6.07, 6.45) is 2.68. The van der Waals surface area contributed by atoms with Gasteiger partial charge in [0.15, 0.2) is 0 Å². The molecule has 0 radical (unpaired) electrons. The van der Waals surface area contributed by atoms with E-state index in [1.54, 1.807) is 0 Å². The van der Waals surface area contributed by atoms with E-state index in [-0.39, 0.29) is 0 Å². The lowest BCUT2D eigenvalue weighted by atomic mass is 10.0. The molecule has 0 spiro atoms. The van der Waals surface area contributed by atoms with Crippen LogP contribution < -0.4 is 4.74 Å². The average Bonchev–Trinajstić information content (AvgIpc) is 3.23. The molecule has 1 aromatic heterocycles. The molecule has 1 saturated carbocycles. The molecule has 3 nitrogen and oxygen atoms in total. The molecular formula is C17H20N2O. The number of aromatic nitrogens is 1. The molecule has 1 aliphatic heterocycles. The first-order valence-corrected chi connectivity index (χ1v) is 7.48. The summed E-state index contributed by atoms with van der Waals surface area (Å²) in [5.41, 5.74) is 4.91. The number of fused-ring (bicyclic) bond motifs is 2. The molecule has 20 heavy (non-hydrogen) atoms. The fraction of sp³-hybridized carbons (Fsp3) is 0.471. The Balaban J connectivity index is 1.80. The molecule has 0 unspecified atom stereocenters. The van der Waals surface area contributed by atoms with Gasteiger partial charge in [-0.25, -0.2) is 4.98 Å². The van der Waals surface area contributed by atoms with E-state index >= 15 is 0 Å². The van der Waals surface area contributed by atoms with E-state index in [0.717, 1.165) is 37.1 Å². The van der Waals surface area contributed by atoms with Gasteiger partial charge in [0.2, 0.25) is 5.88 Å². The standard InChI is InChI=1S/C17H20N2O/c1-11-7-13-9-14-10-19(15-3-4-15)5-6-20-17(14)18-16(13)8-12(11)2/h7-9,15H,3-6,10H2,1-2H3. The quantitative estimate of drug-likeness (QED) is 0.794. The number of rotatable bonds is 1. The third-order valence-corrected chi connectivity index (χ3v) is 4.52. The number of aryl methyl sites for hydroxylation is 2. The molecule has 104 valence electrons.